The molecule has 0 aromatic carbocycles. The van der Waals surface area contributed by atoms with Crippen LogP contribution in [-0.4, -0.2) is 14.5 Å². The normalized spacial score (nSPS) is 13.9. The van der Waals surface area contributed by atoms with Crippen LogP contribution in [0.15, 0.2) is 16.4 Å². The van der Waals surface area contributed by atoms with Crippen molar-refractivity contribution in [3.8, 4) is 5.13 Å². The fourth-order valence-electron chi connectivity index (χ4n) is 2.74. The maximum Gasteiger partial charge on any atom is 1.00 e. The zero-order valence-electron chi connectivity index (χ0n) is 11.5. The maximum atomic E-state index is 12.8. The molecule has 0 saturated carbocycles. The molecule has 102 valence electrons. The molecule has 3 aromatic rings. The van der Waals surface area contributed by atoms with Gasteiger partial charge in [0.15, 0.2) is 9.90 Å². The van der Waals surface area contributed by atoms with Gasteiger partial charge in [-0.05, 0) is 43.5 Å². The Morgan fingerprint density at radius 2 is 2.14 bits per heavy atom. The number of nitrogens with one attached hydrogen (secondary N) is 1. The van der Waals surface area contributed by atoms with Crippen LogP contribution in [0.3, 0.4) is 0 Å². The minimum absolute atomic E-state index is 0. The number of hydrogen-bond donors (Lipinski definition) is 1. The molecule has 1 aliphatic rings. The van der Waals surface area contributed by atoms with Gasteiger partial charge < -0.3 is 4.98 Å². The third-order valence-electron chi connectivity index (χ3n) is 3.62. The number of thiazole rings is 1. The summed E-state index contributed by atoms with van der Waals surface area (Å²) in [4.78, 5) is 22.5. The first kappa shape index (κ1) is 16.2. The van der Waals surface area contributed by atoms with E-state index in [-0.39, 0.29) is 56.9 Å². The topological polar surface area (TPSA) is 50.7 Å². The standard InChI is InChI=1S/C13H11N3OS3.K/c17-11-9-7-3-1-2-4-8(7)20-10(9)15-12(18)16(11)13-14-5-6-19-13;/h5-6H,1-4H2,(H,15,18);/q;+1. The number of fused-ring (bicyclic) bond motifs is 3. The van der Waals surface area contributed by atoms with Crippen molar-refractivity contribution in [3.63, 3.8) is 0 Å². The van der Waals surface area contributed by atoms with Gasteiger partial charge in [0.25, 0.3) is 5.56 Å². The summed E-state index contributed by atoms with van der Waals surface area (Å²) in [5.41, 5.74) is 1.19. The number of hydrogen-bond acceptors (Lipinski definition) is 5. The number of aromatic nitrogens is 3. The summed E-state index contributed by atoms with van der Waals surface area (Å²) in [6, 6.07) is 0. The third kappa shape index (κ3) is 2.70. The zero-order chi connectivity index (χ0) is 13.7. The molecule has 0 fully saturated rings. The van der Waals surface area contributed by atoms with Gasteiger partial charge in [0, 0.05) is 16.5 Å². The second-order valence-corrected chi connectivity index (χ2v) is 7.17. The minimum Gasteiger partial charge on any atom is -0.323 e. The van der Waals surface area contributed by atoms with Crippen molar-refractivity contribution in [3.05, 3.63) is 37.1 Å². The molecule has 1 aliphatic carbocycles. The van der Waals surface area contributed by atoms with E-state index in [0.717, 1.165) is 29.5 Å². The van der Waals surface area contributed by atoms with Crippen molar-refractivity contribution in [2.24, 2.45) is 0 Å². The van der Waals surface area contributed by atoms with Crippen LogP contribution >= 0.6 is 34.9 Å². The van der Waals surface area contributed by atoms with Crippen LogP contribution < -0.4 is 56.9 Å². The zero-order valence-corrected chi connectivity index (χ0v) is 17.1. The van der Waals surface area contributed by atoms with E-state index in [1.807, 2.05) is 5.38 Å². The molecule has 0 atom stereocenters. The number of rotatable bonds is 1. The van der Waals surface area contributed by atoms with Crippen LogP contribution in [0.4, 0.5) is 0 Å². The quantitative estimate of drug-likeness (QED) is 0.506. The molecule has 0 unspecified atom stereocenters. The van der Waals surface area contributed by atoms with Gasteiger partial charge in [0.05, 0.1) is 5.39 Å². The Labute approximate surface area is 176 Å². The van der Waals surface area contributed by atoms with E-state index < -0.39 is 0 Å². The first-order chi connectivity index (χ1) is 9.75. The van der Waals surface area contributed by atoms with Crippen molar-refractivity contribution < 1.29 is 51.4 Å². The summed E-state index contributed by atoms with van der Waals surface area (Å²) in [6.07, 6.45) is 6.12. The van der Waals surface area contributed by atoms with Gasteiger partial charge in [0.1, 0.15) is 4.83 Å². The molecule has 0 radical (unpaired) electrons. The smallest absolute Gasteiger partial charge is 0.323 e. The molecule has 3 aromatic heterocycles. The number of aromatic amines is 1. The molecule has 0 amide bonds. The van der Waals surface area contributed by atoms with Crippen LogP contribution in [-0.2, 0) is 12.8 Å². The first-order valence-corrected chi connectivity index (χ1v) is 8.55. The third-order valence-corrected chi connectivity index (χ3v) is 5.87. The average molecular weight is 361 g/mol. The molecule has 4 rings (SSSR count). The van der Waals surface area contributed by atoms with Crippen LogP contribution in [0.25, 0.3) is 15.3 Å². The summed E-state index contributed by atoms with van der Waals surface area (Å²) < 4.78 is 1.94. The number of thiophene rings is 1. The van der Waals surface area contributed by atoms with E-state index in [1.54, 1.807) is 17.5 Å². The first-order valence-electron chi connectivity index (χ1n) is 6.45. The van der Waals surface area contributed by atoms with Gasteiger partial charge in [-0.3, -0.25) is 4.79 Å². The van der Waals surface area contributed by atoms with Gasteiger partial charge in [-0.25, -0.2) is 9.55 Å². The van der Waals surface area contributed by atoms with Crippen LogP contribution in [0, 0.1) is 4.77 Å². The van der Waals surface area contributed by atoms with Gasteiger partial charge in [-0.2, -0.15) is 0 Å². The Kier molecular flexibility index (Phi) is 4.97. The van der Waals surface area contributed by atoms with E-state index in [1.165, 1.54) is 32.8 Å². The Morgan fingerprint density at radius 3 is 2.90 bits per heavy atom. The molecule has 0 spiro atoms. The monoisotopic (exact) mass is 360 g/mol. The van der Waals surface area contributed by atoms with Gasteiger partial charge in [-0.1, -0.05) is 0 Å². The summed E-state index contributed by atoms with van der Waals surface area (Å²) in [5.74, 6) is 0. The van der Waals surface area contributed by atoms with Gasteiger partial charge in [0.2, 0.25) is 0 Å². The van der Waals surface area contributed by atoms with Crippen molar-refractivity contribution in [1.29, 1.82) is 0 Å². The van der Waals surface area contributed by atoms with E-state index in [4.69, 9.17) is 12.2 Å². The molecule has 0 bridgehead atoms. The van der Waals surface area contributed by atoms with E-state index in [2.05, 4.69) is 9.97 Å². The van der Waals surface area contributed by atoms with E-state index >= 15 is 0 Å². The van der Waals surface area contributed by atoms with Crippen molar-refractivity contribution >= 4 is 45.1 Å². The summed E-state index contributed by atoms with van der Waals surface area (Å²) >= 11 is 8.44. The van der Waals surface area contributed by atoms with Crippen molar-refractivity contribution in [2.45, 2.75) is 25.7 Å². The molecular weight excluding hydrogens is 349 g/mol. The van der Waals surface area contributed by atoms with Crippen LogP contribution in [0.5, 0.6) is 0 Å². The van der Waals surface area contributed by atoms with Crippen molar-refractivity contribution in [2.75, 3.05) is 0 Å². The molecule has 1 N–H and O–H groups in total. The summed E-state index contributed by atoms with van der Waals surface area (Å²) in [6.45, 7) is 0. The Hall–Kier alpha value is 0.326. The summed E-state index contributed by atoms with van der Waals surface area (Å²) in [5, 5.41) is 3.30. The second kappa shape index (κ2) is 6.44. The average Bonchev–Trinajstić information content (AvgIpc) is 3.05. The van der Waals surface area contributed by atoms with E-state index in [0.29, 0.717) is 9.90 Å². The molecule has 8 heteroatoms. The molecule has 4 nitrogen and oxygen atoms in total. The number of nitrogens with zero attached hydrogens (tertiary/aromatic N) is 2. The Bertz CT molecular complexity index is 907. The van der Waals surface area contributed by atoms with Gasteiger partial charge in [-0.15, -0.1) is 22.7 Å². The summed E-state index contributed by atoms with van der Waals surface area (Å²) in [7, 11) is 0. The maximum absolute atomic E-state index is 12.8. The predicted octanol–water partition coefficient (Wildman–Crippen LogP) is 0.449. The SMILES string of the molecule is O=c1c2c3c(sc2[nH]c(=S)n1-c1nccs1)CCCC3.[K+]. The number of aryl methyl sites for hydroxylation is 2. The minimum atomic E-state index is -0.0295. The molecule has 0 aliphatic heterocycles. The van der Waals surface area contributed by atoms with Crippen molar-refractivity contribution in [1.82, 2.24) is 14.5 Å². The fourth-order valence-corrected chi connectivity index (χ4v) is 5.06. The predicted molar refractivity (Wildman–Crippen MR) is 84.9 cm³/mol. The van der Waals surface area contributed by atoms with E-state index in [9.17, 15) is 4.79 Å². The molecule has 0 saturated heterocycles. The Balaban J connectivity index is 0.00000132. The Morgan fingerprint density at radius 1 is 1.33 bits per heavy atom. The molecular formula is C13H11KN3OS3+. The van der Waals surface area contributed by atoms with Crippen LogP contribution in [0.2, 0.25) is 0 Å². The van der Waals surface area contributed by atoms with Gasteiger partial charge >= 0.3 is 51.4 Å². The second-order valence-electron chi connectivity index (χ2n) is 4.80. The number of H-pyrrole nitrogens is 1. The molecule has 21 heavy (non-hydrogen) atoms. The fraction of sp³-hybridized carbons (Fsp3) is 0.308. The largest absolute Gasteiger partial charge is 1.00 e. The molecule has 3 heterocycles. The van der Waals surface area contributed by atoms with Crippen LogP contribution in [0.1, 0.15) is 23.3 Å².